The van der Waals surface area contributed by atoms with E-state index in [2.05, 4.69) is 24.3 Å². The molecule has 3 nitrogen and oxygen atoms in total. The third-order valence-electron chi connectivity index (χ3n) is 4.41. The fourth-order valence-electron chi connectivity index (χ4n) is 3.69. The molecule has 15 heavy (non-hydrogen) atoms. The molecule has 0 aromatic heterocycles. The van der Waals surface area contributed by atoms with E-state index in [0.717, 1.165) is 0 Å². The van der Waals surface area contributed by atoms with Crippen LogP contribution in [0.15, 0.2) is 24.3 Å². The molecule has 0 spiro atoms. The summed E-state index contributed by atoms with van der Waals surface area (Å²) < 4.78 is 4.77. The molecule has 0 radical (unpaired) electrons. The summed E-state index contributed by atoms with van der Waals surface area (Å²) in [6.07, 6.45) is 8.54. The lowest BCUT2D eigenvalue weighted by Crippen LogP contribution is -2.50. The highest BCUT2D eigenvalue weighted by Crippen LogP contribution is 2.58. The SMILES string of the molecule is O=C1OC(=O)[C@H]2C3C=CC(C4C=CC43)[C@@H]12. The Kier molecular flexibility index (Phi) is 1.17. The Morgan fingerprint density at radius 1 is 0.733 bits per heavy atom. The molecule has 6 atom stereocenters. The van der Waals surface area contributed by atoms with Crippen LogP contribution in [-0.2, 0) is 14.3 Å². The zero-order chi connectivity index (χ0) is 10.2. The van der Waals surface area contributed by atoms with Crippen LogP contribution < -0.4 is 0 Å². The zero-order valence-electron chi connectivity index (χ0n) is 8.00. The van der Waals surface area contributed by atoms with Gasteiger partial charge in [-0.25, -0.2) is 0 Å². The predicted octanol–water partition coefficient (Wildman–Crippen LogP) is 0.920. The van der Waals surface area contributed by atoms with Crippen molar-refractivity contribution < 1.29 is 14.3 Å². The molecule has 4 aliphatic carbocycles. The van der Waals surface area contributed by atoms with Crippen LogP contribution in [0.1, 0.15) is 0 Å². The summed E-state index contributed by atoms with van der Waals surface area (Å²) in [7, 11) is 0. The topological polar surface area (TPSA) is 43.4 Å². The van der Waals surface area contributed by atoms with Crippen LogP contribution in [0, 0.1) is 35.5 Å². The number of carbonyl (C=O) groups excluding carboxylic acids is 2. The van der Waals surface area contributed by atoms with Crippen molar-refractivity contribution in [3.05, 3.63) is 24.3 Å². The number of allylic oxidation sites excluding steroid dienone is 4. The number of ether oxygens (including phenoxy) is 1. The summed E-state index contributed by atoms with van der Waals surface area (Å²) >= 11 is 0. The minimum atomic E-state index is -0.303. The molecule has 5 aliphatic rings. The highest BCUT2D eigenvalue weighted by molar-refractivity contribution is 5.97. The van der Waals surface area contributed by atoms with Gasteiger partial charge in [0.05, 0.1) is 11.8 Å². The number of cyclic esters (lactones) is 2. The van der Waals surface area contributed by atoms with Gasteiger partial charge in [-0.2, -0.15) is 0 Å². The van der Waals surface area contributed by atoms with Crippen molar-refractivity contribution in [3.63, 3.8) is 0 Å². The van der Waals surface area contributed by atoms with Crippen LogP contribution >= 0.6 is 0 Å². The lowest BCUT2D eigenvalue weighted by Gasteiger charge is -2.51. The summed E-state index contributed by atoms with van der Waals surface area (Å²) in [4.78, 5) is 23.2. The number of carbonyl (C=O) groups is 2. The van der Waals surface area contributed by atoms with Crippen molar-refractivity contribution in [1.29, 1.82) is 0 Å². The molecule has 0 amide bonds. The molecular weight excluding hydrogens is 192 g/mol. The van der Waals surface area contributed by atoms with E-state index in [1.165, 1.54) is 0 Å². The molecule has 0 N–H and O–H groups in total. The monoisotopic (exact) mass is 202 g/mol. The molecule has 0 aromatic rings. The molecule has 0 aromatic carbocycles. The smallest absolute Gasteiger partial charge is 0.318 e. The summed E-state index contributed by atoms with van der Waals surface area (Å²) in [6, 6.07) is 0. The van der Waals surface area contributed by atoms with Gasteiger partial charge in [0, 0.05) is 0 Å². The second-order valence-corrected chi connectivity index (χ2v) is 4.87. The van der Waals surface area contributed by atoms with E-state index in [-0.39, 0.29) is 35.6 Å². The molecule has 2 fully saturated rings. The van der Waals surface area contributed by atoms with Gasteiger partial charge in [0.1, 0.15) is 0 Å². The molecule has 2 bridgehead atoms. The maximum Gasteiger partial charge on any atom is 0.318 e. The molecule has 4 unspecified atom stereocenters. The van der Waals surface area contributed by atoms with E-state index < -0.39 is 0 Å². The second kappa shape index (κ2) is 2.23. The minimum Gasteiger partial charge on any atom is -0.393 e. The highest BCUT2D eigenvalue weighted by atomic mass is 16.6. The van der Waals surface area contributed by atoms with Crippen molar-refractivity contribution in [2.75, 3.05) is 0 Å². The Morgan fingerprint density at radius 2 is 1.13 bits per heavy atom. The lowest BCUT2D eigenvalue weighted by atomic mass is 9.50. The van der Waals surface area contributed by atoms with Crippen LogP contribution in [0.25, 0.3) is 0 Å². The van der Waals surface area contributed by atoms with Gasteiger partial charge in [0.15, 0.2) is 0 Å². The highest BCUT2D eigenvalue weighted by Gasteiger charge is 2.61. The van der Waals surface area contributed by atoms with Gasteiger partial charge in [0.2, 0.25) is 0 Å². The molecule has 76 valence electrons. The maximum absolute atomic E-state index is 11.6. The van der Waals surface area contributed by atoms with Gasteiger partial charge >= 0.3 is 11.9 Å². The lowest BCUT2D eigenvalue weighted by molar-refractivity contribution is -0.154. The van der Waals surface area contributed by atoms with E-state index in [1.807, 2.05) is 0 Å². The first kappa shape index (κ1) is 7.85. The third-order valence-corrected chi connectivity index (χ3v) is 4.41. The van der Waals surface area contributed by atoms with Crippen molar-refractivity contribution >= 4 is 11.9 Å². The van der Waals surface area contributed by atoms with Gasteiger partial charge in [-0.15, -0.1) is 0 Å². The van der Waals surface area contributed by atoms with Crippen LogP contribution in [0.3, 0.4) is 0 Å². The van der Waals surface area contributed by atoms with Crippen LogP contribution in [0.2, 0.25) is 0 Å². The molecule has 3 heteroatoms. The fourth-order valence-corrected chi connectivity index (χ4v) is 3.69. The van der Waals surface area contributed by atoms with Gasteiger partial charge in [-0.05, 0) is 23.7 Å². The molecule has 1 saturated carbocycles. The summed E-state index contributed by atoms with van der Waals surface area (Å²) in [6.45, 7) is 0. The second-order valence-electron chi connectivity index (χ2n) is 4.87. The Bertz CT molecular complexity index is 396. The normalized spacial score (nSPS) is 53.6. The van der Waals surface area contributed by atoms with Crippen LogP contribution in [0.4, 0.5) is 0 Å². The number of rotatable bonds is 0. The largest absolute Gasteiger partial charge is 0.393 e. The average Bonchev–Trinajstić information content (AvgIpc) is 2.44. The molecule has 1 aliphatic heterocycles. The van der Waals surface area contributed by atoms with E-state index in [0.29, 0.717) is 11.8 Å². The van der Waals surface area contributed by atoms with Crippen molar-refractivity contribution in [2.24, 2.45) is 35.5 Å². The Balaban J connectivity index is 1.88. The van der Waals surface area contributed by atoms with Crippen molar-refractivity contribution in [3.8, 4) is 0 Å². The van der Waals surface area contributed by atoms with Gasteiger partial charge < -0.3 is 4.74 Å². The fraction of sp³-hybridized carbons (Fsp3) is 0.500. The minimum absolute atomic E-state index is 0.196. The molecule has 5 rings (SSSR count). The quantitative estimate of drug-likeness (QED) is 0.333. The molecular formula is C12H10O3. The van der Waals surface area contributed by atoms with Crippen LogP contribution in [0.5, 0.6) is 0 Å². The summed E-state index contributed by atoms with van der Waals surface area (Å²) in [5, 5.41) is 0. The first-order valence-electron chi connectivity index (χ1n) is 5.39. The van der Waals surface area contributed by atoms with E-state index in [1.54, 1.807) is 0 Å². The average molecular weight is 202 g/mol. The zero-order valence-corrected chi connectivity index (χ0v) is 8.00. The Hall–Kier alpha value is -1.38. The Labute approximate surface area is 86.8 Å². The van der Waals surface area contributed by atoms with Crippen LogP contribution in [-0.4, -0.2) is 11.9 Å². The van der Waals surface area contributed by atoms with E-state index in [9.17, 15) is 9.59 Å². The number of hydrogen-bond donors (Lipinski definition) is 0. The van der Waals surface area contributed by atoms with Crippen molar-refractivity contribution in [2.45, 2.75) is 0 Å². The van der Waals surface area contributed by atoms with Crippen molar-refractivity contribution in [1.82, 2.24) is 0 Å². The van der Waals surface area contributed by atoms with E-state index in [4.69, 9.17) is 4.74 Å². The first-order valence-corrected chi connectivity index (χ1v) is 5.39. The molecule has 1 heterocycles. The predicted molar refractivity (Wildman–Crippen MR) is 50.3 cm³/mol. The summed E-state index contributed by atoms with van der Waals surface area (Å²) in [5.41, 5.74) is 0. The summed E-state index contributed by atoms with van der Waals surface area (Å²) in [5.74, 6) is 0.353. The number of esters is 2. The molecule has 1 saturated heterocycles. The number of hydrogen-bond acceptors (Lipinski definition) is 3. The standard InChI is InChI=1S/C12H10O3/c13-11-9-7-3-4-8(6-2-1-5(6)7)10(9)12(14)15-11/h1-10H/t5?,6?,7?,8?,9-,10+. The Morgan fingerprint density at radius 3 is 1.53 bits per heavy atom. The van der Waals surface area contributed by atoms with E-state index >= 15 is 0 Å². The van der Waals surface area contributed by atoms with Gasteiger partial charge in [-0.1, -0.05) is 24.3 Å². The van der Waals surface area contributed by atoms with Gasteiger partial charge in [0.25, 0.3) is 0 Å². The maximum atomic E-state index is 11.6. The first-order chi connectivity index (χ1) is 7.27. The van der Waals surface area contributed by atoms with Gasteiger partial charge in [-0.3, -0.25) is 9.59 Å². The third kappa shape index (κ3) is 0.715.